The number of hydrogen-bond donors (Lipinski definition) is 2. The van der Waals surface area contributed by atoms with Crippen LogP contribution >= 0.6 is 0 Å². The number of aromatic amines is 2. The third-order valence-electron chi connectivity index (χ3n) is 5.47. The molecule has 0 saturated heterocycles. The molecule has 9 nitrogen and oxygen atoms in total. The second kappa shape index (κ2) is 9.09. The summed E-state index contributed by atoms with van der Waals surface area (Å²) in [5.74, 6) is 1.17. The van der Waals surface area contributed by atoms with E-state index in [-0.39, 0.29) is 18.8 Å². The maximum atomic E-state index is 12.9. The molecule has 0 bridgehead atoms. The Balaban J connectivity index is 1.77. The van der Waals surface area contributed by atoms with Crippen LogP contribution in [0.5, 0.6) is 23.0 Å². The molecule has 0 amide bonds. The fraction of sp³-hybridized carbons (Fsp3) is 0.304. The highest BCUT2D eigenvalue weighted by atomic mass is 16.7. The summed E-state index contributed by atoms with van der Waals surface area (Å²) in [5.41, 5.74) is 2.47. The Kier molecular flexibility index (Phi) is 6.07. The number of methoxy groups -OCH3 is 3. The van der Waals surface area contributed by atoms with Crippen molar-refractivity contribution in [2.45, 2.75) is 18.8 Å². The van der Waals surface area contributed by atoms with Gasteiger partial charge in [0.05, 0.1) is 27.8 Å². The molecule has 4 rings (SSSR count). The van der Waals surface area contributed by atoms with E-state index in [1.165, 1.54) is 14.2 Å². The van der Waals surface area contributed by atoms with Crippen LogP contribution in [0.3, 0.4) is 0 Å². The van der Waals surface area contributed by atoms with E-state index in [0.29, 0.717) is 40.5 Å². The lowest BCUT2D eigenvalue weighted by molar-refractivity contribution is -0.140. The molecule has 3 aromatic rings. The van der Waals surface area contributed by atoms with Crippen LogP contribution in [0.4, 0.5) is 0 Å². The number of fused-ring (bicyclic) bond motifs is 1. The van der Waals surface area contributed by atoms with Crippen molar-refractivity contribution < 1.29 is 28.5 Å². The highest BCUT2D eigenvalue weighted by molar-refractivity contribution is 5.72. The lowest BCUT2D eigenvalue weighted by atomic mass is 9.87. The van der Waals surface area contributed by atoms with Crippen molar-refractivity contribution in [1.82, 2.24) is 10.2 Å². The Morgan fingerprint density at radius 1 is 1.06 bits per heavy atom. The number of hydrogen-bond acceptors (Lipinski definition) is 7. The van der Waals surface area contributed by atoms with E-state index < -0.39 is 11.9 Å². The van der Waals surface area contributed by atoms with Gasteiger partial charge in [0.25, 0.3) is 5.56 Å². The number of esters is 1. The first-order valence-electron chi connectivity index (χ1n) is 10.0. The summed E-state index contributed by atoms with van der Waals surface area (Å²) in [6, 6.07) is 11.1. The quantitative estimate of drug-likeness (QED) is 0.518. The smallest absolute Gasteiger partial charge is 0.306 e. The van der Waals surface area contributed by atoms with E-state index in [4.69, 9.17) is 23.7 Å². The average molecular weight is 440 g/mol. The van der Waals surface area contributed by atoms with E-state index in [0.717, 1.165) is 11.3 Å². The van der Waals surface area contributed by atoms with Crippen LogP contribution in [0.25, 0.3) is 0 Å². The number of benzene rings is 2. The molecule has 9 heteroatoms. The first kappa shape index (κ1) is 21.4. The molecular formula is C23H24N2O7. The molecule has 0 spiro atoms. The van der Waals surface area contributed by atoms with Crippen LogP contribution in [0.2, 0.25) is 0 Å². The highest BCUT2D eigenvalue weighted by Gasteiger charge is 2.29. The van der Waals surface area contributed by atoms with Gasteiger partial charge >= 0.3 is 5.97 Å². The zero-order valence-corrected chi connectivity index (χ0v) is 18.0. The highest BCUT2D eigenvalue weighted by Crippen LogP contribution is 2.44. The van der Waals surface area contributed by atoms with Gasteiger partial charge in [-0.1, -0.05) is 12.1 Å². The van der Waals surface area contributed by atoms with E-state index in [1.807, 2.05) is 24.3 Å². The third kappa shape index (κ3) is 4.14. The molecule has 0 radical (unpaired) electrons. The van der Waals surface area contributed by atoms with E-state index in [9.17, 15) is 9.59 Å². The fourth-order valence-electron chi connectivity index (χ4n) is 3.85. The number of carbonyl (C=O) groups is 1. The number of carbonyl (C=O) groups excluding carboxylic acids is 1. The molecule has 32 heavy (non-hydrogen) atoms. The Bertz CT molecular complexity index is 1160. The van der Waals surface area contributed by atoms with Crippen molar-refractivity contribution in [1.29, 1.82) is 0 Å². The van der Waals surface area contributed by atoms with Crippen LogP contribution in [0, 0.1) is 0 Å². The monoisotopic (exact) mass is 440 g/mol. The van der Waals surface area contributed by atoms with Gasteiger partial charge in [-0.25, -0.2) is 0 Å². The van der Waals surface area contributed by atoms with E-state index in [2.05, 4.69) is 10.2 Å². The van der Waals surface area contributed by atoms with Gasteiger partial charge in [0.1, 0.15) is 5.75 Å². The van der Waals surface area contributed by atoms with Crippen molar-refractivity contribution in [2.75, 3.05) is 28.1 Å². The van der Waals surface area contributed by atoms with Gasteiger partial charge in [0.2, 0.25) is 12.5 Å². The number of nitrogens with one attached hydrogen (secondary N) is 2. The zero-order chi connectivity index (χ0) is 22.7. The second-order valence-electron chi connectivity index (χ2n) is 7.29. The Labute approximate surface area is 184 Å². The molecule has 0 fully saturated rings. The van der Waals surface area contributed by atoms with Gasteiger partial charge in [-0.2, -0.15) is 0 Å². The Hall–Kier alpha value is -3.88. The lowest BCUT2D eigenvalue weighted by Crippen LogP contribution is -2.18. The van der Waals surface area contributed by atoms with E-state index >= 15 is 0 Å². The summed E-state index contributed by atoms with van der Waals surface area (Å²) in [4.78, 5) is 25.1. The minimum absolute atomic E-state index is 0.0319. The van der Waals surface area contributed by atoms with Crippen molar-refractivity contribution in [3.05, 3.63) is 69.1 Å². The van der Waals surface area contributed by atoms with Gasteiger partial charge < -0.3 is 28.8 Å². The summed E-state index contributed by atoms with van der Waals surface area (Å²) in [6.07, 6.45) is 0.424. The maximum Gasteiger partial charge on any atom is 0.306 e. The minimum atomic E-state index is -0.589. The normalized spacial score (nSPS) is 13.0. The average Bonchev–Trinajstić information content (AvgIpc) is 3.43. The molecule has 0 unspecified atom stereocenters. The number of aromatic nitrogens is 2. The predicted octanol–water partition coefficient (Wildman–Crippen LogP) is 2.73. The van der Waals surface area contributed by atoms with Gasteiger partial charge in [0, 0.05) is 23.6 Å². The molecule has 0 aliphatic carbocycles. The lowest BCUT2D eigenvalue weighted by Gasteiger charge is -2.18. The van der Waals surface area contributed by atoms with Crippen LogP contribution < -0.4 is 24.5 Å². The molecule has 168 valence electrons. The van der Waals surface area contributed by atoms with Crippen LogP contribution in [0.15, 0.2) is 41.2 Å². The van der Waals surface area contributed by atoms with Crippen LogP contribution in [-0.4, -0.2) is 44.3 Å². The maximum absolute atomic E-state index is 12.9. The number of ether oxygens (including phenoxy) is 5. The minimum Gasteiger partial charge on any atom is -0.497 e. The topological polar surface area (TPSA) is 112 Å². The fourth-order valence-corrected chi connectivity index (χ4v) is 3.85. The second-order valence-corrected chi connectivity index (χ2v) is 7.29. The van der Waals surface area contributed by atoms with Crippen molar-refractivity contribution in [2.24, 2.45) is 0 Å². The summed E-state index contributed by atoms with van der Waals surface area (Å²) < 4.78 is 26.6. The van der Waals surface area contributed by atoms with Crippen LogP contribution in [0.1, 0.15) is 34.7 Å². The van der Waals surface area contributed by atoms with E-state index in [1.54, 1.807) is 19.2 Å². The van der Waals surface area contributed by atoms with Crippen molar-refractivity contribution in [3.63, 3.8) is 0 Å². The molecule has 1 aliphatic rings. The molecule has 2 heterocycles. The van der Waals surface area contributed by atoms with Gasteiger partial charge in [0.15, 0.2) is 11.5 Å². The number of rotatable bonds is 8. The molecule has 2 N–H and O–H groups in total. The summed E-state index contributed by atoms with van der Waals surface area (Å²) in [7, 11) is 4.45. The van der Waals surface area contributed by atoms with Gasteiger partial charge in [-0.05, 0) is 35.4 Å². The van der Waals surface area contributed by atoms with Crippen molar-refractivity contribution >= 4 is 5.97 Å². The molecule has 1 aliphatic heterocycles. The standard InChI is InChI=1S/C23H24N2O7/c1-28-15-6-4-13(5-7-15)8-17-21(23(27)25-24-17)16(11-20(26)30-3)14-9-18(29-2)22-19(10-14)31-12-32-22/h4-7,9-10,16H,8,11-12H2,1-3H3,(H2,24,25,27)/t16-/m1/s1. The summed E-state index contributed by atoms with van der Waals surface area (Å²) in [6.45, 7) is 0.0737. The van der Waals surface area contributed by atoms with Crippen LogP contribution in [-0.2, 0) is 16.0 Å². The molecule has 1 atom stereocenters. The summed E-state index contributed by atoms with van der Waals surface area (Å²) >= 11 is 0. The molecule has 1 aromatic heterocycles. The molecule has 2 aromatic carbocycles. The largest absolute Gasteiger partial charge is 0.497 e. The van der Waals surface area contributed by atoms with Gasteiger partial charge in [-0.3, -0.25) is 14.7 Å². The summed E-state index contributed by atoms with van der Waals surface area (Å²) in [5, 5.41) is 5.62. The third-order valence-corrected chi connectivity index (χ3v) is 5.47. The molecule has 0 saturated carbocycles. The predicted molar refractivity (Wildman–Crippen MR) is 115 cm³/mol. The first-order valence-corrected chi connectivity index (χ1v) is 10.0. The number of H-pyrrole nitrogens is 2. The SMILES string of the molecule is COC(=O)C[C@H](c1cc(OC)c2c(c1)OCO2)c1c(Cc2ccc(OC)cc2)[nH][nH]c1=O. The first-order chi connectivity index (χ1) is 15.5. The Morgan fingerprint density at radius 3 is 2.53 bits per heavy atom. The zero-order valence-electron chi connectivity index (χ0n) is 18.0. The Morgan fingerprint density at radius 2 is 1.84 bits per heavy atom. The van der Waals surface area contributed by atoms with Crippen molar-refractivity contribution in [3.8, 4) is 23.0 Å². The van der Waals surface area contributed by atoms with Gasteiger partial charge in [-0.15, -0.1) is 0 Å². The molecular weight excluding hydrogens is 416 g/mol.